The lowest BCUT2D eigenvalue weighted by Gasteiger charge is -2.27. The number of carbonyl (C=O) groups is 2. The third-order valence-corrected chi connectivity index (χ3v) is 1.35. The molecule has 1 rings (SSSR count). The highest BCUT2D eigenvalue weighted by atomic mass is 35.5. The molecular formula is C5H6ClNO3. The Balaban J connectivity index is 2.25. The van der Waals surface area contributed by atoms with E-state index in [0.717, 1.165) is 5.06 Å². The largest absolute Gasteiger partial charge is 0.347 e. The molecule has 1 heterocycles. The zero-order valence-corrected chi connectivity index (χ0v) is 5.93. The van der Waals surface area contributed by atoms with E-state index in [1.165, 1.54) is 0 Å². The molecule has 0 bridgehead atoms. The van der Waals surface area contributed by atoms with Crippen LogP contribution < -0.4 is 0 Å². The van der Waals surface area contributed by atoms with Crippen LogP contribution in [0.4, 0.5) is 0 Å². The molecule has 0 aromatic heterocycles. The lowest BCUT2D eigenvalue weighted by atomic mass is 10.3. The summed E-state index contributed by atoms with van der Waals surface area (Å²) in [6.45, 7) is 0.488. The number of halogens is 1. The number of β-lactam (4-membered cyclic amide) rings is 1. The third kappa shape index (κ3) is 1.39. The Morgan fingerprint density at radius 1 is 1.80 bits per heavy atom. The maximum atomic E-state index is 10.5. The molecular weight excluding hydrogens is 158 g/mol. The topological polar surface area (TPSA) is 46.6 Å². The van der Waals surface area contributed by atoms with Crippen LogP contribution >= 0.6 is 11.6 Å². The van der Waals surface area contributed by atoms with Gasteiger partial charge in [0.15, 0.2) is 0 Å². The number of alkyl halides is 1. The standard InChI is InChI=1S/C5H6ClNO3/c6-3-5(9)10-7-2-1-4(7)8/h1-3H2. The molecule has 0 spiro atoms. The predicted molar refractivity (Wildman–Crippen MR) is 33.1 cm³/mol. The van der Waals surface area contributed by atoms with E-state index in [-0.39, 0.29) is 11.8 Å². The van der Waals surface area contributed by atoms with Crippen molar-refractivity contribution in [3.63, 3.8) is 0 Å². The highest BCUT2D eigenvalue weighted by Crippen LogP contribution is 2.08. The lowest BCUT2D eigenvalue weighted by molar-refractivity contribution is -0.210. The molecule has 1 aliphatic heterocycles. The first kappa shape index (κ1) is 7.34. The summed E-state index contributed by atoms with van der Waals surface area (Å²) in [7, 11) is 0. The molecule has 0 saturated carbocycles. The highest BCUT2D eigenvalue weighted by Gasteiger charge is 2.27. The van der Waals surface area contributed by atoms with Gasteiger partial charge in [0.25, 0.3) is 5.91 Å². The smallest absolute Gasteiger partial charge is 0.337 e. The van der Waals surface area contributed by atoms with Crippen molar-refractivity contribution in [1.29, 1.82) is 0 Å². The van der Waals surface area contributed by atoms with Crippen molar-refractivity contribution < 1.29 is 14.4 Å². The molecule has 1 fully saturated rings. The van der Waals surface area contributed by atoms with Crippen LogP contribution in [0.1, 0.15) is 6.42 Å². The van der Waals surface area contributed by atoms with Gasteiger partial charge in [0.1, 0.15) is 5.88 Å². The van der Waals surface area contributed by atoms with Crippen LogP contribution in [0.25, 0.3) is 0 Å². The van der Waals surface area contributed by atoms with E-state index >= 15 is 0 Å². The molecule has 0 aromatic carbocycles. The summed E-state index contributed by atoms with van der Waals surface area (Å²) in [5.41, 5.74) is 0. The fraction of sp³-hybridized carbons (Fsp3) is 0.600. The van der Waals surface area contributed by atoms with Crippen molar-refractivity contribution in [2.75, 3.05) is 12.4 Å². The molecule has 0 unspecified atom stereocenters. The highest BCUT2D eigenvalue weighted by molar-refractivity contribution is 6.26. The number of hydroxylamine groups is 2. The van der Waals surface area contributed by atoms with E-state index in [9.17, 15) is 9.59 Å². The third-order valence-electron chi connectivity index (χ3n) is 1.13. The Morgan fingerprint density at radius 3 is 2.80 bits per heavy atom. The monoisotopic (exact) mass is 163 g/mol. The summed E-state index contributed by atoms with van der Waals surface area (Å²) in [4.78, 5) is 25.4. The van der Waals surface area contributed by atoms with E-state index in [2.05, 4.69) is 4.84 Å². The molecule has 5 heteroatoms. The summed E-state index contributed by atoms with van der Waals surface area (Å²) < 4.78 is 0. The molecule has 0 aromatic rings. The van der Waals surface area contributed by atoms with Gasteiger partial charge in [-0.3, -0.25) is 4.79 Å². The zero-order chi connectivity index (χ0) is 7.56. The quantitative estimate of drug-likeness (QED) is 0.423. The van der Waals surface area contributed by atoms with Crippen LogP contribution in [-0.4, -0.2) is 29.4 Å². The summed E-state index contributed by atoms with van der Waals surface area (Å²) in [6, 6.07) is 0. The minimum absolute atomic E-state index is 0.168. The molecule has 0 radical (unpaired) electrons. The minimum Gasteiger partial charge on any atom is -0.337 e. The Kier molecular flexibility index (Phi) is 2.11. The van der Waals surface area contributed by atoms with Crippen LogP contribution in [0.5, 0.6) is 0 Å². The number of hydrogen-bond acceptors (Lipinski definition) is 3. The lowest BCUT2D eigenvalue weighted by Crippen LogP contribution is -2.44. The Morgan fingerprint density at radius 2 is 2.50 bits per heavy atom. The van der Waals surface area contributed by atoms with Crippen molar-refractivity contribution in [1.82, 2.24) is 5.06 Å². The summed E-state index contributed by atoms with van der Waals surface area (Å²) in [5.74, 6) is -0.975. The second-order valence-electron chi connectivity index (χ2n) is 1.84. The van der Waals surface area contributed by atoms with Crippen LogP contribution in [0.2, 0.25) is 0 Å². The van der Waals surface area contributed by atoms with Crippen molar-refractivity contribution in [2.24, 2.45) is 0 Å². The minimum atomic E-state index is -0.588. The fourth-order valence-corrected chi connectivity index (χ4v) is 0.587. The fourth-order valence-electron chi connectivity index (χ4n) is 0.538. The van der Waals surface area contributed by atoms with Gasteiger partial charge < -0.3 is 4.84 Å². The van der Waals surface area contributed by atoms with Crippen LogP contribution in [0.3, 0.4) is 0 Å². The maximum Gasteiger partial charge on any atom is 0.347 e. The number of hydrogen-bond donors (Lipinski definition) is 0. The number of amides is 1. The van der Waals surface area contributed by atoms with E-state index in [4.69, 9.17) is 11.6 Å². The Hall–Kier alpha value is -0.770. The molecule has 1 amide bonds. The Bertz CT molecular complexity index is 170. The van der Waals surface area contributed by atoms with E-state index in [1.807, 2.05) is 0 Å². The summed E-state index contributed by atoms with van der Waals surface area (Å²) in [6.07, 6.45) is 0.454. The maximum absolute atomic E-state index is 10.5. The molecule has 4 nitrogen and oxygen atoms in total. The van der Waals surface area contributed by atoms with Crippen LogP contribution in [0, 0.1) is 0 Å². The second-order valence-corrected chi connectivity index (χ2v) is 2.11. The normalized spacial score (nSPS) is 16.5. The van der Waals surface area contributed by atoms with Crippen molar-refractivity contribution in [3.05, 3.63) is 0 Å². The molecule has 1 aliphatic rings. The van der Waals surface area contributed by atoms with E-state index < -0.39 is 5.97 Å². The molecule has 0 N–H and O–H groups in total. The second kappa shape index (κ2) is 2.88. The molecule has 0 aliphatic carbocycles. The summed E-state index contributed by atoms with van der Waals surface area (Å²) in [5, 5.41) is 1.00. The van der Waals surface area contributed by atoms with Gasteiger partial charge in [-0.15, -0.1) is 11.6 Å². The van der Waals surface area contributed by atoms with Gasteiger partial charge >= 0.3 is 5.97 Å². The Labute approximate surface area is 62.6 Å². The first-order chi connectivity index (χ1) is 4.74. The van der Waals surface area contributed by atoms with Crippen molar-refractivity contribution in [3.8, 4) is 0 Å². The van der Waals surface area contributed by atoms with Gasteiger partial charge in [-0.1, -0.05) is 0 Å². The van der Waals surface area contributed by atoms with Crippen molar-refractivity contribution >= 4 is 23.5 Å². The van der Waals surface area contributed by atoms with Gasteiger partial charge in [-0.2, -0.15) is 5.06 Å². The van der Waals surface area contributed by atoms with E-state index in [1.54, 1.807) is 0 Å². The van der Waals surface area contributed by atoms with Crippen LogP contribution in [0.15, 0.2) is 0 Å². The summed E-state index contributed by atoms with van der Waals surface area (Å²) >= 11 is 5.11. The molecule has 1 saturated heterocycles. The molecule has 10 heavy (non-hydrogen) atoms. The van der Waals surface area contributed by atoms with Gasteiger partial charge in [-0.25, -0.2) is 4.79 Å². The number of carbonyl (C=O) groups excluding carboxylic acids is 2. The average molecular weight is 164 g/mol. The SMILES string of the molecule is O=C(CCl)ON1CCC1=O. The number of nitrogens with zero attached hydrogens (tertiary/aromatic N) is 1. The van der Waals surface area contributed by atoms with E-state index in [0.29, 0.717) is 13.0 Å². The average Bonchev–Trinajstić information content (AvgIpc) is 1.96. The predicted octanol–water partition coefficient (Wildman–Crippen LogP) is -0.0843. The molecule has 56 valence electrons. The van der Waals surface area contributed by atoms with Crippen LogP contribution in [-0.2, 0) is 14.4 Å². The number of rotatable bonds is 2. The first-order valence-corrected chi connectivity index (χ1v) is 3.34. The zero-order valence-electron chi connectivity index (χ0n) is 5.17. The van der Waals surface area contributed by atoms with Gasteiger partial charge in [0.2, 0.25) is 0 Å². The van der Waals surface area contributed by atoms with Gasteiger partial charge in [-0.05, 0) is 0 Å². The molecule has 0 atom stereocenters. The van der Waals surface area contributed by atoms with Gasteiger partial charge in [0.05, 0.1) is 13.0 Å². The first-order valence-electron chi connectivity index (χ1n) is 2.81. The van der Waals surface area contributed by atoms with Crippen molar-refractivity contribution in [2.45, 2.75) is 6.42 Å². The van der Waals surface area contributed by atoms with Gasteiger partial charge in [0, 0.05) is 0 Å².